The maximum atomic E-state index is 8.70. The molecule has 17 heavy (non-hydrogen) atoms. The molecule has 0 N–H and O–H groups in total. The lowest BCUT2D eigenvalue weighted by atomic mass is 10.2. The Morgan fingerprint density at radius 3 is 2.88 bits per heavy atom. The molecule has 0 unspecified atom stereocenters. The first-order valence-corrected chi connectivity index (χ1v) is 5.38. The molecule has 0 saturated carbocycles. The summed E-state index contributed by atoms with van der Waals surface area (Å²) >= 11 is 5.98. The average molecular weight is 248 g/mol. The molecule has 0 atom stereocenters. The second kappa shape index (κ2) is 4.89. The van der Waals surface area contributed by atoms with E-state index in [4.69, 9.17) is 21.6 Å². The fourth-order valence-corrected chi connectivity index (χ4v) is 1.61. The first kappa shape index (κ1) is 11.5. The van der Waals surface area contributed by atoms with Crippen LogP contribution in [0.1, 0.15) is 11.3 Å². The largest absolute Gasteiger partial charge is 0.486 e. The van der Waals surface area contributed by atoms with E-state index in [9.17, 15) is 0 Å². The van der Waals surface area contributed by atoms with Crippen LogP contribution in [0.2, 0.25) is 5.02 Å². The molecular weight excluding hydrogens is 238 g/mol. The van der Waals surface area contributed by atoms with E-state index in [0.717, 1.165) is 5.69 Å². The monoisotopic (exact) mass is 247 g/mol. The Labute approximate surface area is 104 Å². The summed E-state index contributed by atoms with van der Waals surface area (Å²) in [5.74, 6) is 0.552. The summed E-state index contributed by atoms with van der Waals surface area (Å²) in [4.78, 5) is 0. The van der Waals surface area contributed by atoms with Gasteiger partial charge in [0.2, 0.25) is 0 Å². The van der Waals surface area contributed by atoms with E-state index >= 15 is 0 Å². The fourth-order valence-electron chi connectivity index (χ4n) is 1.38. The minimum atomic E-state index is 0.354. The molecule has 0 aliphatic carbocycles. The number of halogens is 1. The minimum Gasteiger partial charge on any atom is -0.486 e. The van der Waals surface area contributed by atoms with E-state index in [-0.39, 0.29) is 0 Å². The van der Waals surface area contributed by atoms with Crippen molar-refractivity contribution in [2.45, 2.75) is 6.61 Å². The average Bonchev–Trinajstić information content (AvgIpc) is 2.73. The standard InChI is InChI=1S/C12H10ClN3O/c1-16-5-4-10(15-16)8-17-12-3-2-9(7-14)6-11(12)13/h2-6H,8H2,1H3. The molecule has 2 rings (SSSR count). The van der Waals surface area contributed by atoms with Crippen molar-refractivity contribution in [1.82, 2.24) is 9.78 Å². The van der Waals surface area contributed by atoms with Crippen molar-refractivity contribution in [2.24, 2.45) is 7.05 Å². The predicted molar refractivity (Wildman–Crippen MR) is 63.7 cm³/mol. The SMILES string of the molecule is Cn1ccc(COc2ccc(C#N)cc2Cl)n1. The van der Waals surface area contributed by atoms with Crippen LogP contribution in [0.3, 0.4) is 0 Å². The summed E-state index contributed by atoms with van der Waals surface area (Å²) < 4.78 is 7.23. The highest BCUT2D eigenvalue weighted by Gasteiger charge is 2.04. The third-order valence-electron chi connectivity index (χ3n) is 2.21. The first-order chi connectivity index (χ1) is 8.19. The molecule has 0 fully saturated rings. The summed E-state index contributed by atoms with van der Waals surface area (Å²) in [7, 11) is 1.85. The quantitative estimate of drug-likeness (QED) is 0.838. The van der Waals surface area contributed by atoms with Gasteiger partial charge in [0.1, 0.15) is 12.4 Å². The topological polar surface area (TPSA) is 50.8 Å². The van der Waals surface area contributed by atoms with Crippen molar-refractivity contribution in [2.75, 3.05) is 0 Å². The van der Waals surface area contributed by atoms with Crippen LogP contribution in [-0.2, 0) is 13.7 Å². The Morgan fingerprint density at radius 2 is 2.29 bits per heavy atom. The van der Waals surface area contributed by atoms with Gasteiger partial charge in [0.25, 0.3) is 0 Å². The Morgan fingerprint density at radius 1 is 1.47 bits per heavy atom. The lowest BCUT2D eigenvalue weighted by Crippen LogP contribution is -1.98. The van der Waals surface area contributed by atoms with E-state index in [1.807, 2.05) is 25.4 Å². The molecule has 86 valence electrons. The molecular formula is C12H10ClN3O. The molecule has 0 saturated heterocycles. The molecule has 1 heterocycles. The highest BCUT2D eigenvalue weighted by Crippen LogP contribution is 2.25. The lowest BCUT2D eigenvalue weighted by molar-refractivity contribution is 0.300. The molecule has 0 bridgehead atoms. The van der Waals surface area contributed by atoms with E-state index in [1.165, 1.54) is 0 Å². The van der Waals surface area contributed by atoms with Crippen LogP contribution in [-0.4, -0.2) is 9.78 Å². The molecule has 1 aromatic heterocycles. The summed E-state index contributed by atoms with van der Waals surface area (Å²) in [5.41, 5.74) is 1.34. The van der Waals surface area contributed by atoms with E-state index < -0.39 is 0 Å². The van der Waals surface area contributed by atoms with Crippen LogP contribution in [0.15, 0.2) is 30.5 Å². The van der Waals surface area contributed by atoms with Crippen LogP contribution in [0.5, 0.6) is 5.75 Å². The lowest BCUT2D eigenvalue weighted by Gasteiger charge is -2.06. The van der Waals surface area contributed by atoms with Gasteiger partial charge >= 0.3 is 0 Å². The van der Waals surface area contributed by atoms with Crippen molar-refractivity contribution in [3.05, 3.63) is 46.7 Å². The van der Waals surface area contributed by atoms with Gasteiger partial charge in [-0.25, -0.2) is 0 Å². The van der Waals surface area contributed by atoms with Crippen molar-refractivity contribution in [1.29, 1.82) is 5.26 Å². The van der Waals surface area contributed by atoms with Gasteiger partial charge in [-0.05, 0) is 24.3 Å². The molecule has 4 nitrogen and oxygen atoms in total. The number of aromatic nitrogens is 2. The summed E-state index contributed by atoms with van der Waals surface area (Å²) in [6.07, 6.45) is 1.85. The highest BCUT2D eigenvalue weighted by atomic mass is 35.5. The van der Waals surface area contributed by atoms with Crippen LogP contribution in [0.4, 0.5) is 0 Å². The van der Waals surface area contributed by atoms with Gasteiger partial charge in [-0.3, -0.25) is 4.68 Å². The van der Waals surface area contributed by atoms with Crippen LogP contribution in [0, 0.1) is 11.3 Å². The molecule has 5 heteroatoms. The van der Waals surface area contributed by atoms with Gasteiger partial charge in [0.15, 0.2) is 0 Å². The number of nitriles is 1. The number of rotatable bonds is 3. The maximum absolute atomic E-state index is 8.70. The third kappa shape index (κ3) is 2.77. The Kier molecular flexibility index (Phi) is 3.31. The van der Waals surface area contributed by atoms with Crippen molar-refractivity contribution in [3.63, 3.8) is 0 Å². The van der Waals surface area contributed by atoms with Crippen LogP contribution in [0.25, 0.3) is 0 Å². The van der Waals surface area contributed by atoms with Gasteiger partial charge in [0.05, 0.1) is 22.3 Å². The van der Waals surface area contributed by atoms with E-state index in [2.05, 4.69) is 5.10 Å². The molecule has 1 aromatic carbocycles. The number of hydrogen-bond acceptors (Lipinski definition) is 3. The van der Waals surface area contributed by atoms with Gasteiger partial charge in [-0.15, -0.1) is 0 Å². The zero-order chi connectivity index (χ0) is 12.3. The number of hydrogen-bond donors (Lipinski definition) is 0. The molecule has 0 radical (unpaired) electrons. The Bertz CT molecular complexity index is 571. The maximum Gasteiger partial charge on any atom is 0.138 e. The molecule has 0 spiro atoms. The zero-order valence-electron chi connectivity index (χ0n) is 9.22. The number of ether oxygens (including phenoxy) is 1. The second-order valence-corrected chi connectivity index (χ2v) is 3.93. The summed E-state index contributed by atoms with van der Waals surface area (Å²) in [5, 5.41) is 13.3. The van der Waals surface area contributed by atoms with Crippen LogP contribution < -0.4 is 4.74 Å². The van der Waals surface area contributed by atoms with E-state index in [1.54, 1.807) is 22.9 Å². The minimum absolute atomic E-state index is 0.354. The smallest absolute Gasteiger partial charge is 0.138 e. The number of benzene rings is 1. The normalized spacial score (nSPS) is 9.94. The van der Waals surface area contributed by atoms with Crippen molar-refractivity contribution < 1.29 is 4.74 Å². The predicted octanol–water partition coefficient (Wildman–Crippen LogP) is 2.52. The van der Waals surface area contributed by atoms with Gasteiger partial charge in [-0.1, -0.05) is 11.6 Å². The van der Waals surface area contributed by atoms with Crippen molar-refractivity contribution in [3.8, 4) is 11.8 Å². The zero-order valence-corrected chi connectivity index (χ0v) is 9.98. The number of aryl methyl sites for hydroxylation is 1. The molecule has 0 aliphatic heterocycles. The highest BCUT2D eigenvalue weighted by molar-refractivity contribution is 6.32. The van der Waals surface area contributed by atoms with E-state index in [0.29, 0.717) is 22.9 Å². The molecule has 0 aliphatic rings. The first-order valence-electron chi connectivity index (χ1n) is 5.00. The fraction of sp³-hybridized carbons (Fsp3) is 0.167. The van der Waals surface area contributed by atoms with Crippen LogP contribution >= 0.6 is 11.6 Å². The second-order valence-electron chi connectivity index (χ2n) is 3.53. The third-order valence-corrected chi connectivity index (χ3v) is 2.50. The summed E-state index contributed by atoms with van der Waals surface area (Å²) in [6.45, 7) is 0.354. The van der Waals surface area contributed by atoms with Gasteiger partial charge in [0, 0.05) is 13.2 Å². The Hall–Kier alpha value is -1.99. The van der Waals surface area contributed by atoms with Crippen molar-refractivity contribution >= 4 is 11.6 Å². The van der Waals surface area contributed by atoms with Gasteiger partial charge in [-0.2, -0.15) is 10.4 Å². The number of nitrogens with zero attached hydrogens (tertiary/aromatic N) is 3. The molecule has 2 aromatic rings. The molecule has 0 amide bonds. The Balaban J connectivity index is 2.07. The summed E-state index contributed by atoms with van der Waals surface area (Å²) in [6, 6.07) is 8.82. The van der Waals surface area contributed by atoms with Gasteiger partial charge < -0.3 is 4.74 Å².